The van der Waals surface area contributed by atoms with Gasteiger partial charge in [-0.25, -0.2) is 4.98 Å². The van der Waals surface area contributed by atoms with Crippen molar-refractivity contribution < 1.29 is 4.79 Å². The molecule has 3 nitrogen and oxygen atoms in total. The molecule has 0 fully saturated rings. The fourth-order valence-corrected chi connectivity index (χ4v) is 3.60. The number of hydrogen-bond acceptors (Lipinski definition) is 3. The summed E-state index contributed by atoms with van der Waals surface area (Å²) in [6.45, 7) is 4.06. The van der Waals surface area contributed by atoms with Crippen LogP contribution in [0, 0.1) is 6.92 Å². The van der Waals surface area contributed by atoms with Crippen molar-refractivity contribution in [1.82, 2.24) is 4.98 Å². The average molecular weight is 336 g/mol. The minimum absolute atomic E-state index is 0.00272. The molecule has 0 bridgehead atoms. The van der Waals surface area contributed by atoms with Crippen molar-refractivity contribution in [2.24, 2.45) is 0 Å². The van der Waals surface area contributed by atoms with Gasteiger partial charge in [-0.05, 0) is 18.9 Å². The monoisotopic (exact) mass is 336 g/mol. The molecule has 2 aromatic carbocycles. The van der Waals surface area contributed by atoms with E-state index < -0.39 is 0 Å². The number of rotatable bonds is 5. The summed E-state index contributed by atoms with van der Waals surface area (Å²) in [6, 6.07) is 19.9. The van der Waals surface area contributed by atoms with Crippen LogP contribution >= 0.6 is 11.3 Å². The van der Waals surface area contributed by atoms with Crippen LogP contribution in [-0.4, -0.2) is 10.9 Å². The smallest absolute Gasteiger partial charge is 0.233 e. The summed E-state index contributed by atoms with van der Waals surface area (Å²) in [4.78, 5) is 18.4. The van der Waals surface area contributed by atoms with E-state index in [9.17, 15) is 4.79 Å². The number of hydrogen-bond donors (Lipinski definition) is 1. The number of carbonyl (C=O) groups is 1. The van der Waals surface area contributed by atoms with Crippen LogP contribution in [0.15, 0.2) is 60.7 Å². The lowest BCUT2D eigenvalue weighted by atomic mass is 9.96. The summed E-state index contributed by atoms with van der Waals surface area (Å²) in [7, 11) is 0. The topological polar surface area (TPSA) is 42.0 Å². The van der Waals surface area contributed by atoms with Crippen molar-refractivity contribution in [3.63, 3.8) is 0 Å². The fourth-order valence-electron chi connectivity index (χ4n) is 2.76. The predicted octanol–water partition coefficient (Wildman–Crippen LogP) is 5.25. The highest BCUT2D eigenvalue weighted by molar-refractivity contribution is 7.16. The molecular formula is C20H20N2OS. The lowest BCUT2D eigenvalue weighted by Gasteiger charge is -2.14. The van der Waals surface area contributed by atoms with Gasteiger partial charge in [0.1, 0.15) is 0 Å². The highest BCUT2D eigenvalue weighted by Crippen LogP contribution is 2.31. The van der Waals surface area contributed by atoms with Gasteiger partial charge < -0.3 is 5.32 Å². The van der Waals surface area contributed by atoms with Crippen LogP contribution in [0.4, 0.5) is 5.13 Å². The summed E-state index contributed by atoms with van der Waals surface area (Å²) in [5.41, 5.74) is 3.04. The molecule has 1 amide bonds. The number of amides is 1. The number of benzene rings is 2. The van der Waals surface area contributed by atoms with E-state index >= 15 is 0 Å². The molecule has 1 atom stereocenters. The number of aromatic nitrogens is 1. The first-order valence-electron chi connectivity index (χ1n) is 8.07. The summed E-state index contributed by atoms with van der Waals surface area (Å²) in [6.07, 6.45) is 0.756. The van der Waals surface area contributed by atoms with Crippen LogP contribution in [0.3, 0.4) is 0 Å². The predicted molar refractivity (Wildman–Crippen MR) is 100 cm³/mol. The van der Waals surface area contributed by atoms with E-state index in [4.69, 9.17) is 0 Å². The van der Waals surface area contributed by atoms with Crippen molar-refractivity contribution in [3.05, 3.63) is 71.1 Å². The number of nitrogens with one attached hydrogen (secondary N) is 1. The first-order chi connectivity index (χ1) is 11.7. The molecule has 3 aromatic rings. The van der Waals surface area contributed by atoms with Gasteiger partial charge in [0.15, 0.2) is 5.13 Å². The SMILES string of the molecule is CC[C@H](C(=O)Nc1nc(-c2ccccc2)c(C)s1)c1ccccc1. The van der Waals surface area contributed by atoms with Crippen LogP contribution in [0.2, 0.25) is 0 Å². The van der Waals surface area contributed by atoms with Gasteiger partial charge in [-0.2, -0.15) is 0 Å². The second kappa shape index (κ2) is 7.41. The highest BCUT2D eigenvalue weighted by atomic mass is 32.1. The quantitative estimate of drug-likeness (QED) is 0.691. The Balaban J connectivity index is 1.80. The van der Waals surface area contributed by atoms with Crippen molar-refractivity contribution in [3.8, 4) is 11.3 Å². The molecule has 0 unspecified atom stereocenters. The lowest BCUT2D eigenvalue weighted by molar-refractivity contribution is -0.117. The van der Waals surface area contributed by atoms with E-state index in [2.05, 4.69) is 10.3 Å². The average Bonchev–Trinajstić information content (AvgIpc) is 2.97. The molecule has 0 aliphatic rings. The third kappa shape index (κ3) is 3.54. The van der Waals surface area contributed by atoms with Crippen LogP contribution in [0.5, 0.6) is 0 Å². The molecule has 4 heteroatoms. The summed E-state index contributed by atoms with van der Waals surface area (Å²) < 4.78 is 0. The van der Waals surface area contributed by atoms with Crippen molar-refractivity contribution in [2.75, 3.05) is 5.32 Å². The second-order valence-corrected chi connectivity index (χ2v) is 6.85. The highest BCUT2D eigenvalue weighted by Gasteiger charge is 2.20. The Labute approximate surface area is 146 Å². The van der Waals surface area contributed by atoms with Gasteiger partial charge in [-0.1, -0.05) is 67.6 Å². The Morgan fingerprint density at radius 1 is 1.08 bits per heavy atom. The zero-order chi connectivity index (χ0) is 16.9. The van der Waals surface area contributed by atoms with E-state index in [1.54, 1.807) is 0 Å². The van der Waals surface area contributed by atoms with Crippen LogP contribution in [0.25, 0.3) is 11.3 Å². The Morgan fingerprint density at radius 2 is 1.71 bits per heavy atom. The van der Waals surface area contributed by atoms with Gasteiger partial charge in [0.25, 0.3) is 0 Å². The summed E-state index contributed by atoms with van der Waals surface area (Å²) in [5, 5.41) is 3.65. The number of nitrogens with zero attached hydrogens (tertiary/aromatic N) is 1. The molecule has 0 aliphatic carbocycles. The van der Waals surface area contributed by atoms with Crippen molar-refractivity contribution in [1.29, 1.82) is 0 Å². The molecule has 1 heterocycles. The van der Waals surface area contributed by atoms with E-state index in [1.807, 2.05) is 74.5 Å². The van der Waals surface area contributed by atoms with Crippen LogP contribution in [-0.2, 0) is 4.79 Å². The van der Waals surface area contributed by atoms with E-state index in [0.717, 1.165) is 28.1 Å². The Kier molecular flexibility index (Phi) is 5.06. The van der Waals surface area contributed by atoms with E-state index in [0.29, 0.717) is 5.13 Å². The molecule has 1 N–H and O–H groups in total. The summed E-state index contributed by atoms with van der Waals surface area (Å²) in [5.74, 6) is -0.160. The second-order valence-electron chi connectivity index (χ2n) is 5.65. The van der Waals surface area contributed by atoms with E-state index in [-0.39, 0.29) is 11.8 Å². The third-order valence-corrected chi connectivity index (χ3v) is 4.89. The number of carbonyl (C=O) groups excluding carboxylic acids is 1. The van der Waals surface area contributed by atoms with Crippen molar-refractivity contribution in [2.45, 2.75) is 26.2 Å². The van der Waals surface area contributed by atoms with E-state index in [1.165, 1.54) is 11.3 Å². The van der Waals surface area contributed by atoms with Gasteiger partial charge in [0, 0.05) is 10.4 Å². The molecule has 0 spiro atoms. The largest absolute Gasteiger partial charge is 0.301 e. The number of aryl methyl sites for hydroxylation is 1. The van der Waals surface area contributed by atoms with Crippen molar-refractivity contribution >= 4 is 22.4 Å². The van der Waals surface area contributed by atoms with Gasteiger partial charge in [0.05, 0.1) is 11.6 Å². The molecule has 3 rings (SSSR count). The Bertz CT molecular complexity index is 812. The molecule has 1 aromatic heterocycles. The fraction of sp³-hybridized carbons (Fsp3) is 0.200. The van der Waals surface area contributed by atoms with Gasteiger partial charge >= 0.3 is 0 Å². The first-order valence-corrected chi connectivity index (χ1v) is 8.89. The maximum Gasteiger partial charge on any atom is 0.233 e. The number of thiazole rings is 1. The lowest BCUT2D eigenvalue weighted by Crippen LogP contribution is -2.20. The molecule has 0 saturated carbocycles. The zero-order valence-electron chi connectivity index (χ0n) is 13.8. The zero-order valence-corrected chi connectivity index (χ0v) is 14.6. The number of anilines is 1. The van der Waals surface area contributed by atoms with Gasteiger partial charge in [-0.15, -0.1) is 11.3 Å². The van der Waals surface area contributed by atoms with Gasteiger partial charge in [0.2, 0.25) is 5.91 Å². The molecule has 0 saturated heterocycles. The van der Waals surface area contributed by atoms with Crippen LogP contribution in [0.1, 0.15) is 29.7 Å². The molecule has 0 aliphatic heterocycles. The van der Waals surface area contributed by atoms with Crippen LogP contribution < -0.4 is 5.32 Å². The Hall–Kier alpha value is -2.46. The molecule has 122 valence electrons. The molecular weight excluding hydrogens is 316 g/mol. The normalized spacial score (nSPS) is 11.9. The maximum absolute atomic E-state index is 12.7. The maximum atomic E-state index is 12.7. The molecule has 0 radical (unpaired) electrons. The standard InChI is InChI=1S/C20H20N2OS/c1-3-17(15-10-6-4-7-11-15)19(23)22-20-21-18(14(2)24-20)16-12-8-5-9-13-16/h4-13,17H,3H2,1-2H3,(H,21,22,23)/t17-/m0/s1. The summed E-state index contributed by atoms with van der Waals surface area (Å²) >= 11 is 1.52. The minimum atomic E-state index is -0.157. The van der Waals surface area contributed by atoms with Gasteiger partial charge in [-0.3, -0.25) is 4.79 Å². The Morgan fingerprint density at radius 3 is 2.33 bits per heavy atom. The minimum Gasteiger partial charge on any atom is -0.301 e. The third-order valence-electron chi connectivity index (χ3n) is 4.00. The molecule has 24 heavy (non-hydrogen) atoms. The first kappa shape index (κ1) is 16.4.